The quantitative estimate of drug-likeness (QED) is 0.579. The number of hydrazone groups is 1. The molecule has 0 saturated heterocycles. The first kappa shape index (κ1) is 16.1. The summed E-state index contributed by atoms with van der Waals surface area (Å²) in [5, 5.41) is 6.53. The Hall–Kier alpha value is -3.34. The molecule has 1 N–H and O–H groups in total. The molecule has 0 atom stereocenters. The van der Waals surface area contributed by atoms with Crippen molar-refractivity contribution in [2.75, 3.05) is 6.79 Å². The fourth-order valence-corrected chi connectivity index (χ4v) is 3.02. The van der Waals surface area contributed by atoms with E-state index in [1.54, 1.807) is 0 Å². The Morgan fingerprint density at radius 3 is 2.77 bits per heavy atom. The number of ether oxygens (including phenoxy) is 2. The lowest BCUT2D eigenvalue weighted by Crippen LogP contribution is -2.21. The number of amides is 1. The first-order valence-corrected chi connectivity index (χ1v) is 8.40. The van der Waals surface area contributed by atoms with Crippen LogP contribution in [-0.4, -0.2) is 18.4 Å². The molecule has 4 rings (SSSR count). The van der Waals surface area contributed by atoms with E-state index in [0.717, 1.165) is 27.6 Å². The molecule has 0 aliphatic carbocycles. The number of nitrogens with zero attached hydrogens (tertiary/aromatic N) is 1. The number of hydrogen-bond acceptors (Lipinski definition) is 4. The van der Waals surface area contributed by atoms with Gasteiger partial charge in [-0.3, -0.25) is 4.79 Å². The van der Waals surface area contributed by atoms with Crippen LogP contribution in [-0.2, 0) is 11.2 Å². The summed E-state index contributed by atoms with van der Waals surface area (Å²) in [5.74, 6) is 1.20. The Morgan fingerprint density at radius 2 is 1.85 bits per heavy atom. The van der Waals surface area contributed by atoms with Crippen molar-refractivity contribution in [3.8, 4) is 11.5 Å². The highest BCUT2D eigenvalue weighted by Gasteiger charge is 2.14. The number of nitrogens with one attached hydrogen (secondary N) is 1. The Kier molecular flexibility index (Phi) is 4.27. The number of rotatable bonds is 4. The maximum absolute atomic E-state index is 12.2. The molecule has 5 nitrogen and oxygen atoms in total. The zero-order valence-electron chi connectivity index (χ0n) is 14.4. The van der Waals surface area contributed by atoms with E-state index in [-0.39, 0.29) is 19.1 Å². The van der Waals surface area contributed by atoms with Crippen LogP contribution in [0.3, 0.4) is 0 Å². The summed E-state index contributed by atoms with van der Waals surface area (Å²) in [5.41, 5.74) is 5.26. The summed E-state index contributed by atoms with van der Waals surface area (Å²) < 4.78 is 10.6. The summed E-state index contributed by atoms with van der Waals surface area (Å²) >= 11 is 0. The van der Waals surface area contributed by atoms with E-state index in [4.69, 9.17) is 9.47 Å². The lowest BCUT2D eigenvalue weighted by atomic mass is 10.0. The second kappa shape index (κ2) is 6.88. The van der Waals surface area contributed by atoms with Crippen molar-refractivity contribution in [1.82, 2.24) is 5.43 Å². The largest absolute Gasteiger partial charge is 0.454 e. The topological polar surface area (TPSA) is 59.9 Å². The van der Waals surface area contributed by atoms with Crippen molar-refractivity contribution in [2.45, 2.75) is 13.3 Å². The smallest absolute Gasteiger partial charge is 0.244 e. The normalized spacial score (nSPS) is 13.0. The third-order valence-corrected chi connectivity index (χ3v) is 4.33. The van der Waals surface area contributed by atoms with Crippen LogP contribution in [0.15, 0.2) is 65.8 Å². The zero-order valence-corrected chi connectivity index (χ0v) is 14.4. The van der Waals surface area contributed by atoms with Crippen LogP contribution in [0.25, 0.3) is 10.8 Å². The van der Waals surface area contributed by atoms with Gasteiger partial charge in [-0.05, 0) is 35.4 Å². The van der Waals surface area contributed by atoms with Gasteiger partial charge in [0, 0.05) is 5.56 Å². The Balaban J connectivity index is 1.47. The third kappa shape index (κ3) is 3.24. The first-order valence-electron chi connectivity index (χ1n) is 8.40. The molecular weight excluding hydrogens is 328 g/mol. The van der Waals surface area contributed by atoms with E-state index in [2.05, 4.69) is 28.7 Å². The fourth-order valence-electron chi connectivity index (χ4n) is 3.02. The van der Waals surface area contributed by atoms with E-state index >= 15 is 0 Å². The molecule has 0 fully saturated rings. The molecule has 3 aromatic rings. The number of benzene rings is 3. The van der Waals surface area contributed by atoms with E-state index in [0.29, 0.717) is 11.5 Å². The number of carbonyl (C=O) groups excluding carboxylic acids is 1. The van der Waals surface area contributed by atoms with Gasteiger partial charge in [0.2, 0.25) is 12.7 Å². The Labute approximate surface area is 151 Å². The predicted molar refractivity (Wildman–Crippen MR) is 101 cm³/mol. The molecule has 130 valence electrons. The summed E-state index contributed by atoms with van der Waals surface area (Å²) in [7, 11) is 0. The van der Waals surface area contributed by atoms with E-state index in [1.165, 1.54) is 0 Å². The van der Waals surface area contributed by atoms with Gasteiger partial charge in [-0.15, -0.1) is 0 Å². The highest BCUT2D eigenvalue weighted by molar-refractivity contribution is 6.09. The van der Waals surface area contributed by atoms with Gasteiger partial charge in [0.1, 0.15) is 0 Å². The molecule has 5 heteroatoms. The molecule has 26 heavy (non-hydrogen) atoms. The number of hydrogen-bond donors (Lipinski definition) is 1. The van der Waals surface area contributed by atoms with Crippen LogP contribution in [0.2, 0.25) is 0 Å². The number of carbonyl (C=O) groups is 1. The van der Waals surface area contributed by atoms with Crippen molar-refractivity contribution >= 4 is 22.4 Å². The van der Waals surface area contributed by atoms with E-state index < -0.39 is 0 Å². The van der Waals surface area contributed by atoms with Gasteiger partial charge in [-0.1, -0.05) is 48.5 Å². The monoisotopic (exact) mass is 346 g/mol. The lowest BCUT2D eigenvalue weighted by Gasteiger charge is -2.07. The number of fused-ring (bicyclic) bond motifs is 2. The Morgan fingerprint density at radius 1 is 1.04 bits per heavy atom. The van der Waals surface area contributed by atoms with Crippen LogP contribution in [0.4, 0.5) is 0 Å². The molecule has 1 amide bonds. The Bertz CT molecular complexity index is 1010. The van der Waals surface area contributed by atoms with Crippen molar-refractivity contribution in [3.05, 3.63) is 71.8 Å². The standard InChI is InChI=1S/C21H18N2O3/c1-14(17-8-4-6-16-5-2-3-7-18(16)17)22-23-21(24)12-15-9-10-19-20(11-15)26-13-25-19/h2-11H,12-13H2,1H3,(H,23,24)/b22-14-. The van der Waals surface area contributed by atoms with E-state index in [1.807, 2.05) is 49.4 Å². The SMILES string of the molecule is C/C(=N/NC(=O)Cc1ccc2c(c1)OCO2)c1cccc2ccccc12. The maximum Gasteiger partial charge on any atom is 0.244 e. The lowest BCUT2D eigenvalue weighted by molar-refractivity contribution is -0.120. The second-order valence-corrected chi connectivity index (χ2v) is 6.12. The molecule has 0 aromatic heterocycles. The summed E-state index contributed by atoms with van der Waals surface area (Å²) in [4.78, 5) is 12.2. The third-order valence-electron chi connectivity index (χ3n) is 4.33. The van der Waals surface area contributed by atoms with Crippen LogP contribution < -0.4 is 14.9 Å². The van der Waals surface area contributed by atoms with Crippen molar-refractivity contribution in [2.24, 2.45) is 5.10 Å². The molecular formula is C21H18N2O3. The average Bonchev–Trinajstić information content (AvgIpc) is 3.13. The van der Waals surface area contributed by atoms with E-state index in [9.17, 15) is 4.79 Å². The minimum Gasteiger partial charge on any atom is -0.454 e. The van der Waals surface area contributed by atoms with Crippen LogP contribution in [0.5, 0.6) is 11.5 Å². The van der Waals surface area contributed by atoms with Gasteiger partial charge in [0.25, 0.3) is 0 Å². The molecule has 1 aliphatic heterocycles. The minimum atomic E-state index is -0.177. The van der Waals surface area contributed by atoms with Gasteiger partial charge < -0.3 is 9.47 Å². The fraction of sp³-hybridized carbons (Fsp3) is 0.143. The van der Waals surface area contributed by atoms with Crippen LogP contribution in [0.1, 0.15) is 18.1 Å². The van der Waals surface area contributed by atoms with Crippen molar-refractivity contribution in [3.63, 3.8) is 0 Å². The zero-order chi connectivity index (χ0) is 17.9. The summed E-state index contributed by atoms with van der Waals surface area (Å²) in [6.07, 6.45) is 0.225. The molecule has 0 radical (unpaired) electrons. The molecule has 0 saturated carbocycles. The average molecular weight is 346 g/mol. The van der Waals surface area contributed by atoms with Gasteiger partial charge >= 0.3 is 0 Å². The molecule has 0 unspecified atom stereocenters. The van der Waals surface area contributed by atoms with Gasteiger partial charge in [-0.25, -0.2) is 5.43 Å². The highest BCUT2D eigenvalue weighted by Crippen LogP contribution is 2.32. The maximum atomic E-state index is 12.2. The van der Waals surface area contributed by atoms with Crippen molar-refractivity contribution in [1.29, 1.82) is 0 Å². The predicted octanol–water partition coefficient (Wildman–Crippen LogP) is 3.65. The molecule has 3 aromatic carbocycles. The minimum absolute atomic E-state index is 0.177. The summed E-state index contributed by atoms with van der Waals surface area (Å²) in [6, 6.07) is 19.7. The molecule has 0 spiro atoms. The highest BCUT2D eigenvalue weighted by atomic mass is 16.7. The molecule has 1 aliphatic rings. The summed E-state index contributed by atoms with van der Waals surface area (Å²) in [6.45, 7) is 2.11. The first-order chi connectivity index (χ1) is 12.7. The van der Waals surface area contributed by atoms with Gasteiger partial charge in [0.15, 0.2) is 11.5 Å². The van der Waals surface area contributed by atoms with Gasteiger partial charge in [0.05, 0.1) is 12.1 Å². The van der Waals surface area contributed by atoms with Gasteiger partial charge in [-0.2, -0.15) is 5.10 Å². The molecule has 1 heterocycles. The second-order valence-electron chi connectivity index (χ2n) is 6.12. The van der Waals surface area contributed by atoms with Crippen molar-refractivity contribution < 1.29 is 14.3 Å². The van der Waals surface area contributed by atoms with Crippen LogP contribution >= 0.6 is 0 Å². The van der Waals surface area contributed by atoms with Crippen LogP contribution in [0, 0.1) is 0 Å². The molecule has 0 bridgehead atoms.